The molecule has 0 bridgehead atoms. The number of H-pyrrole nitrogens is 2. The Morgan fingerprint density at radius 3 is 1.87 bits per heavy atom. The quantitative estimate of drug-likeness (QED) is 0.0400. The SMILES string of the molecule is CC(=O)O[C@@H](C)[C@H](C)C1Cc2c(nc(N)[nH]c2=O)NC1NNc1ccccc1.CC(=O)O[C@@H]([C@H](C)OC(C)=O)[C@@H](C)/C=N/Nc1ccccc1.Nc1nc(N)c(N)c(=O)[nH]1. The van der Waals surface area contributed by atoms with Crippen LogP contribution in [0.25, 0.3) is 0 Å². The lowest BCUT2D eigenvalue weighted by Gasteiger charge is -2.39. The van der Waals surface area contributed by atoms with Crippen LogP contribution >= 0.6 is 0 Å². The minimum Gasteiger partial charge on any atom is -0.463 e. The van der Waals surface area contributed by atoms with Gasteiger partial charge in [-0.2, -0.15) is 15.1 Å². The maximum atomic E-state index is 12.3. The Morgan fingerprint density at radius 1 is 0.767 bits per heavy atom. The Morgan fingerprint density at radius 2 is 1.30 bits per heavy atom. The molecule has 2 aromatic carbocycles. The highest BCUT2D eigenvalue weighted by molar-refractivity contribution is 5.69. The number of nitrogens with zero attached hydrogens (tertiary/aromatic N) is 3. The van der Waals surface area contributed by atoms with E-state index in [-0.39, 0.29) is 65.0 Å². The summed E-state index contributed by atoms with van der Waals surface area (Å²) >= 11 is 0. The molecule has 324 valence electrons. The number of aromatic amines is 2. The van der Waals surface area contributed by atoms with Crippen LogP contribution in [0.2, 0.25) is 0 Å². The number of fused-ring (bicyclic) bond motifs is 1. The number of carbonyl (C=O) groups is 3. The number of nitrogens with one attached hydrogen (secondary N) is 6. The summed E-state index contributed by atoms with van der Waals surface area (Å²) in [6, 6.07) is 19.1. The van der Waals surface area contributed by atoms with Crippen molar-refractivity contribution in [1.82, 2.24) is 25.4 Å². The first-order valence-electron chi connectivity index (χ1n) is 18.8. The second-order valence-corrected chi connectivity index (χ2v) is 13.8. The lowest BCUT2D eigenvalue weighted by atomic mass is 9.81. The third-order valence-corrected chi connectivity index (χ3v) is 9.02. The van der Waals surface area contributed by atoms with Gasteiger partial charge in [-0.3, -0.25) is 39.4 Å². The molecule has 1 aliphatic rings. The number of aromatic nitrogens is 4. The van der Waals surface area contributed by atoms with E-state index in [1.54, 1.807) is 13.1 Å². The van der Waals surface area contributed by atoms with Crippen LogP contribution in [0.3, 0.4) is 0 Å². The highest BCUT2D eigenvalue weighted by Gasteiger charge is 2.37. The highest BCUT2D eigenvalue weighted by atomic mass is 16.6. The van der Waals surface area contributed by atoms with Crippen LogP contribution in [0.5, 0.6) is 0 Å². The van der Waals surface area contributed by atoms with Gasteiger partial charge in [0.05, 0.1) is 17.4 Å². The third-order valence-electron chi connectivity index (χ3n) is 9.02. The summed E-state index contributed by atoms with van der Waals surface area (Å²) in [5.74, 6) is -1.05. The molecule has 0 fully saturated rings. The van der Waals surface area contributed by atoms with Gasteiger partial charge in [0.25, 0.3) is 11.1 Å². The predicted octanol–water partition coefficient (Wildman–Crippen LogP) is 2.59. The van der Waals surface area contributed by atoms with Crippen molar-refractivity contribution >= 4 is 64.7 Å². The van der Waals surface area contributed by atoms with Crippen LogP contribution in [-0.4, -0.2) is 68.5 Å². The number of para-hydroxylation sites is 2. The molecule has 5 rings (SSSR count). The first-order valence-corrected chi connectivity index (χ1v) is 18.8. The number of hydrazine groups is 1. The normalized spacial score (nSPS) is 16.6. The molecule has 3 heterocycles. The van der Waals surface area contributed by atoms with Crippen LogP contribution in [0.1, 0.15) is 54.0 Å². The van der Waals surface area contributed by atoms with Crippen molar-refractivity contribution in [1.29, 1.82) is 0 Å². The van der Waals surface area contributed by atoms with Gasteiger partial charge >= 0.3 is 17.9 Å². The van der Waals surface area contributed by atoms with Crippen LogP contribution in [-0.2, 0) is 35.0 Å². The zero-order valence-corrected chi connectivity index (χ0v) is 34.5. The Kier molecular flexibility index (Phi) is 17.9. The summed E-state index contributed by atoms with van der Waals surface area (Å²) in [5.41, 5.74) is 31.9. The van der Waals surface area contributed by atoms with Gasteiger partial charge in [0.2, 0.25) is 11.9 Å². The standard InChI is InChI=1S/C19H26N6O3.C16H22N2O4.C4H7N5O/c1-10(11(2)28-12(3)26)14-9-15-16(22-19(20)23-18(15)27)21-17(14)25-24-13-7-5-4-6-8-13;1-11(10-17-18-15-8-6-5-7-9-15)16(22-14(4)20)12(2)21-13(3)19;5-1-2(6)8-4(7)9-3(1)10/h4-8,10-11,14,17,24-25H,9H2,1-3H3,(H4,20,21,22,23,27);5-12,16,18H,1-4H3;5H2,(H5,6,7,8,9,10)/b;17-10+;/t10-,11-,14?,17?;11-,12-,16+;/m00./s1. The number of esters is 3. The number of nitrogen functional groups attached to an aromatic ring is 4. The molecule has 21 nitrogen and oxygen atoms in total. The molecule has 14 N–H and O–H groups in total. The van der Waals surface area contributed by atoms with Crippen LogP contribution in [0, 0.1) is 17.8 Å². The second kappa shape index (κ2) is 22.7. The van der Waals surface area contributed by atoms with Crippen molar-refractivity contribution in [2.75, 3.05) is 39.1 Å². The molecule has 2 aromatic heterocycles. The fourth-order valence-electron chi connectivity index (χ4n) is 5.96. The first kappa shape index (κ1) is 47.2. The Bertz CT molecular complexity index is 2170. The van der Waals surface area contributed by atoms with Crippen molar-refractivity contribution in [3.05, 3.63) is 86.9 Å². The molecule has 0 saturated carbocycles. The molecule has 0 amide bonds. The second-order valence-electron chi connectivity index (χ2n) is 13.8. The average molecular weight is 834 g/mol. The molecule has 0 saturated heterocycles. The fourth-order valence-corrected chi connectivity index (χ4v) is 5.96. The van der Waals surface area contributed by atoms with Gasteiger partial charge in [-0.25, -0.2) is 5.43 Å². The molecule has 2 unspecified atom stereocenters. The van der Waals surface area contributed by atoms with E-state index < -0.39 is 29.7 Å². The molecule has 1 aliphatic heterocycles. The van der Waals surface area contributed by atoms with Gasteiger partial charge in [0, 0.05) is 44.5 Å². The molecule has 4 aromatic rings. The van der Waals surface area contributed by atoms with E-state index in [1.807, 2.05) is 81.4 Å². The van der Waals surface area contributed by atoms with Crippen LogP contribution < -0.4 is 55.6 Å². The van der Waals surface area contributed by atoms with Crippen molar-refractivity contribution in [3.63, 3.8) is 0 Å². The van der Waals surface area contributed by atoms with Gasteiger partial charge in [-0.1, -0.05) is 50.2 Å². The van der Waals surface area contributed by atoms with Gasteiger partial charge in [-0.05, 0) is 50.5 Å². The van der Waals surface area contributed by atoms with Gasteiger partial charge < -0.3 is 47.9 Å². The number of benzene rings is 2. The number of rotatable bonds is 13. The van der Waals surface area contributed by atoms with Crippen molar-refractivity contribution in [2.45, 2.75) is 79.4 Å². The van der Waals surface area contributed by atoms with E-state index >= 15 is 0 Å². The summed E-state index contributed by atoms with van der Waals surface area (Å²) < 4.78 is 15.7. The molecule has 0 aliphatic carbocycles. The summed E-state index contributed by atoms with van der Waals surface area (Å²) in [7, 11) is 0. The van der Waals surface area contributed by atoms with E-state index in [2.05, 4.69) is 46.6 Å². The number of hydrogen-bond acceptors (Lipinski definition) is 19. The molecule has 0 radical (unpaired) electrons. The summed E-state index contributed by atoms with van der Waals surface area (Å²) in [4.78, 5) is 69.1. The highest BCUT2D eigenvalue weighted by Crippen LogP contribution is 2.31. The number of hydrogen-bond donors (Lipinski definition) is 10. The maximum Gasteiger partial charge on any atom is 0.303 e. The van der Waals surface area contributed by atoms with E-state index in [9.17, 15) is 24.0 Å². The number of nitrogens with two attached hydrogens (primary N) is 4. The Hall–Kier alpha value is -7.16. The maximum absolute atomic E-state index is 12.3. The van der Waals surface area contributed by atoms with E-state index in [4.69, 9.17) is 37.1 Å². The zero-order chi connectivity index (χ0) is 44.5. The minimum atomic E-state index is -0.595. The van der Waals surface area contributed by atoms with E-state index in [0.717, 1.165) is 11.4 Å². The Balaban J connectivity index is 0.000000266. The number of carbonyl (C=O) groups excluding carboxylic acids is 3. The van der Waals surface area contributed by atoms with Gasteiger partial charge in [0.1, 0.15) is 29.8 Å². The lowest BCUT2D eigenvalue weighted by Crippen LogP contribution is -2.53. The summed E-state index contributed by atoms with van der Waals surface area (Å²) in [6.07, 6.45) is 0.358. The van der Waals surface area contributed by atoms with Crippen LogP contribution in [0.15, 0.2) is 75.4 Å². The third kappa shape index (κ3) is 15.0. The van der Waals surface area contributed by atoms with Gasteiger partial charge in [-0.15, -0.1) is 0 Å². The monoisotopic (exact) mass is 833 g/mol. The first-order chi connectivity index (χ1) is 28.4. The fraction of sp³-hybridized carbons (Fsp3) is 0.385. The van der Waals surface area contributed by atoms with Crippen LogP contribution in [0.4, 0.5) is 40.6 Å². The zero-order valence-electron chi connectivity index (χ0n) is 34.5. The van der Waals surface area contributed by atoms with E-state index in [1.165, 1.54) is 20.8 Å². The number of ether oxygens (including phenoxy) is 3. The summed E-state index contributed by atoms with van der Waals surface area (Å²) in [5, 5.41) is 7.39. The molecule has 60 heavy (non-hydrogen) atoms. The van der Waals surface area contributed by atoms with Gasteiger partial charge in [0.15, 0.2) is 5.82 Å². The summed E-state index contributed by atoms with van der Waals surface area (Å²) in [6.45, 7) is 11.4. The molecule has 7 atom stereocenters. The number of anilines is 7. The lowest BCUT2D eigenvalue weighted by molar-refractivity contribution is -0.165. The minimum absolute atomic E-state index is 0.0308. The van der Waals surface area contributed by atoms with E-state index in [0.29, 0.717) is 17.8 Å². The van der Waals surface area contributed by atoms with Crippen molar-refractivity contribution in [2.24, 2.45) is 22.9 Å². The topological polar surface area (TPSA) is 335 Å². The molecular formula is C39H55N13O8. The van der Waals surface area contributed by atoms with Crippen molar-refractivity contribution < 1.29 is 28.6 Å². The van der Waals surface area contributed by atoms with Crippen molar-refractivity contribution in [3.8, 4) is 0 Å². The molecule has 0 spiro atoms. The smallest absolute Gasteiger partial charge is 0.303 e. The Labute approximate surface area is 346 Å². The predicted molar refractivity (Wildman–Crippen MR) is 230 cm³/mol. The number of hydrazone groups is 1. The molecule has 21 heteroatoms. The molecular weight excluding hydrogens is 779 g/mol. The largest absolute Gasteiger partial charge is 0.463 e. The average Bonchev–Trinajstić information content (AvgIpc) is 3.18.